The van der Waals surface area contributed by atoms with Gasteiger partial charge >= 0.3 is 12.1 Å². The summed E-state index contributed by atoms with van der Waals surface area (Å²) in [5.74, 6) is -0.825. The van der Waals surface area contributed by atoms with Crippen molar-refractivity contribution in [1.82, 2.24) is 5.32 Å². The summed E-state index contributed by atoms with van der Waals surface area (Å²) in [4.78, 5) is 22.7. The van der Waals surface area contributed by atoms with Gasteiger partial charge in [0.1, 0.15) is 0 Å². The van der Waals surface area contributed by atoms with Crippen LogP contribution in [0.15, 0.2) is 24.3 Å². The zero-order valence-corrected chi connectivity index (χ0v) is 11.5. The van der Waals surface area contributed by atoms with Crippen LogP contribution in [-0.2, 0) is 15.7 Å². The van der Waals surface area contributed by atoms with Gasteiger partial charge in [-0.05, 0) is 37.6 Å². The maximum Gasteiger partial charge on any atom is 0.416 e. The molecule has 1 aromatic rings. The van der Waals surface area contributed by atoms with Crippen LogP contribution in [0.3, 0.4) is 0 Å². The number of carbonyl (C=O) groups excluding carboxylic acids is 2. The van der Waals surface area contributed by atoms with Gasteiger partial charge in [-0.25, -0.2) is 0 Å². The first-order valence-corrected chi connectivity index (χ1v) is 6.45. The fourth-order valence-electron chi connectivity index (χ4n) is 1.58. The molecule has 0 atom stereocenters. The van der Waals surface area contributed by atoms with Crippen molar-refractivity contribution in [2.75, 3.05) is 13.2 Å². The Hall–Kier alpha value is -2.05. The van der Waals surface area contributed by atoms with E-state index in [4.69, 9.17) is 4.74 Å². The average molecular weight is 303 g/mol. The molecule has 116 valence electrons. The van der Waals surface area contributed by atoms with Crippen LogP contribution in [0.2, 0.25) is 0 Å². The van der Waals surface area contributed by atoms with Crippen LogP contribution in [0.5, 0.6) is 0 Å². The number of halogens is 3. The summed E-state index contributed by atoms with van der Waals surface area (Å²) in [6, 6.07) is 3.94. The molecule has 0 unspecified atom stereocenters. The third-order valence-electron chi connectivity index (χ3n) is 2.62. The Morgan fingerprint density at radius 3 is 2.33 bits per heavy atom. The summed E-state index contributed by atoms with van der Waals surface area (Å²) < 4.78 is 41.8. The molecule has 0 aliphatic carbocycles. The molecule has 7 heteroatoms. The number of benzene rings is 1. The van der Waals surface area contributed by atoms with E-state index in [9.17, 15) is 22.8 Å². The lowest BCUT2D eigenvalue weighted by atomic mass is 10.1. The number of ether oxygens (including phenoxy) is 1. The minimum atomic E-state index is -4.42. The third-order valence-corrected chi connectivity index (χ3v) is 2.62. The summed E-state index contributed by atoms with van der Waals surface area (Å²) in [6.07, 6.45) is -3.83. The quantitative estimate of drug-likeness (QED) is 0.649. The van der Waals surface area contributed by atoms with Crippen LogP contribution in [0, 0.1) is 0 Å². The molecule has 0 aliphatic rings. The Morgan fingerprint density at radius 1 is 1.19 bits per heavy atom. The van der Waals surface area contributed by atoms with Gasteiger partial charge in [0.25, 0.3) is 5.91 Å². The molecule has 0 radical (unpaired) electrons. The lowest BCUT2D eigenvalue weighted by Crippen LogP contribution is -2.25. The molecule has 0 fully saturated rings. The molecule has 0 saturated heterocycles. The first-order chi connectivity index (χ1) is 9.84. The van der Waals surface area contributed by atoms with Crippen LogP contribution >= 0.6 is 0 Å². The molecule has 0 saturated carbocycles. The fourth-order valence-corrected chi connectivity index (χ4v) is 1.58. The van der Waals surface area contributed by atoms with Crippen molar-refractivity contribution >= 4 is 11.9 Å². The van der Waals surface area contributed by atoms with Gasteiger partial charge in [-0.15, -0.1) is 0 Å². The van der Waals surface area contributed by atoms with Crippen LogP contribution in [0.1, 0.15) is 35.7 Å². The van der Waals surface area contributed by atoms with Crippen molar-refractivity contribution in [3.05, 3.63) is 35.4 Å². The Kier molecular flexibility index (Phi) is 6.20. The number of alkyl halides is 3. The highest BCUT2D eigenvalue weighted by molar-refractivity contribution is 5.94. The number of amides is 1. The Morgan fingerprint density at radius 2 is 1.81 bits per heavy atom. The van der Waals surface area contributed by atoms with E-state index in [0.717, 1.165) is 24.3 Å². The third kappa shape index (κ3) is 5.85. The molecule has 1 amide bonds. The van der Waals surface area contributed by atoms with Crippen molar-refractivity contribution < 1.29 is 27.5 Å². The van der Waals surface area contributed by atoms with Crippen LogP contribution < -0.4 is 5.32 Å². The van der Waals surface area contributed by atoms with Crippen molar-refractivity contribution in [2.45, 2.75) is 25.9 Å². The first kappa shape index (κ1) is 17.0. The Balaban J connectivity index is 2.41. The molecule has 1 aromatic carbocycles. The molecule has 0 aliphatic heterocycles. The first-order valence-electron chi connectivity index (χ1n) is 6.45. The van der Waals surface area contributed by atoms with Gasteiger partial charge in [-0.3, -0.25) is 9.59 Å². The lowest BCUT2D eigenvalue weighted by molar-refractivity contribution is -0.143. The monoisotopic (exact) mass is 303 g/mol. The zero-order valence-electron chi connectivity index (χ0n) is 11.5. The second-order valence-corrected chi connectivity index (χ2v) is 4.24. The number of nitrogens with one attached hydrogen (secondary N) is 1. The maximum absolute atomic E-state index is 12.4. The van der Waals surface area contributed by atoms with Crippen molar-refractivity contribution in [3.8, 4) is 0 Å². The SMILES string of the molecule is CCOC(=O)CCCNC(=O)c1ccc(C(F)(F)F)cc1. The fraction of sp³-hybridized carbons (Fsp3) is 0.429. The molecule has 0 heterocycles. The Bertz CT molecular complexity index is 483. The topological polar surface area (TPSA) is 55.4 Å². The molecule has 1 rings (SSSR count). The van der Waals surface area contributed by atoms with E-state index in [1.807, 2.05) is 0 Å². The molecular formula is C14H16F3NO3. The normalized spacial score (nSPS) is 11.0. The largest absolute Gasteiger partial charge is 0.466 e. The van der Waals surface area contributed by atoms with Gasteiger partial charge in [0.15, 0.2) is 0 Å². The summed E-state index contributed by atoms with van der Waals surface area (Å²) in [7, 11) is 0. The summed E-state index contributed by atoms with van der Waals surface area (Å²) in [5, 5.41) is 2.53. The predicted octanol–water partition coefficient (Wildman–Crippen LogP) is 2.78. The number of rotatable bonds is 6. The minimum absolute atomic E-state index is 0.138. The van der Waals surface area contributed by atoms with E-state index in [-0.39, 0.29) is 24.5 Å². The van der Waals surface area contributed by atoms with Gasteiger partial charge in [-0.2, -0.15) is 13.2 Å². The average Bonchev–Trinajstić information content (AvgIpc) is 2.43. The highest BCUT2D eigenvalue weighted by Gasteiger charge is 2.30. The van der Waals surface area contributed by atoms with E-state index in [0.29, 0.717) is 13.0 Å². The highest BCUT2D eigenvalue weighted by atomic mass is 19.4. The molecule has 0 spiro atoms. The minimum Gasteiger partial charge on any atom is -0.466 e. The van der Waals surface area contributed by atoms with Crippen molar-refractivity contribution in [1.29, 1.82) is 0 Å². The second kappa shape index (κ2) is 7.66. The zero-order chi connectivity index (χ0) is 15.9. The number of hydrogen-bond acceptors (Lipinski definition) is 3. The highest BCUT2D eigenvalue weighted by Crippen LogP contribution is 2.28. The molecule has 0 bridgehead atoms. The van der Waals surface area contributed by atoms with Crippen LogP contribution in [0.25, 0.3) is 0 Å². The van der Waals surface area contributed by atoms with E-state index < -0.39 is 17.6 Å². The molecule has 1 N–H and O–H groups in total. The second-order valence-electron chi connectivity index (χ2n) is 4.24. The van der Waals surface area contributed by atoms with Crippen LogP contribution in [-0.4, -0.2) is 25.0 Å². The van der Waals surface area contributed by atoms with Gasteiger partial charge in [0.2, 0.25) is 0 Å². The summed E-state index contributed by atoms with van der Waals surface area (Å²) >= 11 is 0. The van der Waals surface area contributed by atoms with Gasteiger partial charge in [0, 0.05) is 18.5 Å². The van der Waals surface area contributed by atoms with E-state index in [1.54, 1.807) is 6.92 Å². The lowest BCUT2D eigenvalue weighted by Gasteiger charge is -2.08. The standard InChI is InChI=1S/C14H16F3NO3/c1-2-21-12(19)4-3-9-18-13(20)10-5-7-11(8-6-10)14(15,16)17/h5-8H,2-4,9H2,1H3,(H,18,20). The van der Waals surface area contributed by atoms with E-state index in [1.165, 1.54) is 0 Å². The van der Waals surface area contributed by atoms with E-state index >= 15 is 0 Å². The molecule has 4 nitrogen and oxygen atoms in total. The predicted molar refractivity (Wildman–Crippen MR) is 69.6 cm³/mol. The number of carbonyl (C=O) groups is 2. The Labute approximate surface area is 120 Å². The molecular weight excluding hydrogens is 287 g/mol. The molecule has 0 aromatic heterocycles. The van der Waals surface area contributed by atoms with Gasteiger partial charge in [-0.1, -0.05) is 0 Å². The number of esters is 1. The van der Waals surface area contributed by atoms with Gasteiger partial charge in [0.05, 0.1) is 12.2 Å². The van der Waals surface area contributed by atoms with Crippen LogP contribution in [0.4, 0.5) is 13.2 Å². The summed E-state index contributed by atoms with van der Waals surface area (Å²) in [5.41, 5.74) is -0.666. The maximum atomic E-state index is 12.4. The van der Waals surface area contributed by atoms with Crippen molar-refractivity contribution in [2.24, 2.45) is 0 Å². The van der Waals surface area contributed by atoms with E-state index in [2.05, 4.69) is 5.32 Å². The van der Waals surface area contributed by atoms with Gasteiger partial charge < -0.3 is 10.1 Å². The summed E-state index contributed by atoms with van der Waals surface area (Å²) in [6.45, 7) is 2.25. The number of hydrogen-bond donors (Lipinski definition) is 1. The molecule has 21 heavy (non-hydrogen) atoms. The van der Waals surface area contributed by atoms with Crippen molar-refractivity contribution in [3.63, 3.8) is 0 Å². The smallest absolute Gasteiger partial charge is 0.416 e.